The van der Waals surface area contributed by atoms with Gasteiger partial charge in [0, 0.05) is 12.1 Å². The van der Waals surface area contributed by atoms with Crippen LogP contribution < -0.4 is 10.1 Å². The van der Waals surface area contributed by atoms with Crippen molar-refractivity contribution in [1.29, 1.82) is 0 Å². The summed E-state index contributed by atoms with van der Waals surface area (Å²) in [6, 6.07) is 12.9. The van der Waals surface area contributed by atoms with Crippen LogP contribution in [0.4, 0.5) is 0 Å². The molecule has 0 atom stereocenters. The van der Waals surface area contributed by atoms with E-state index in [2.05, 4.69) is 12.2 Å². The van der Waals surface area contributed by atoms with Gasteiger partial charge in [-0.1, -0.05) is 73.3 Å². The molecular weight excluding hydrogens is 345 g/mol. The molecule has 2 aromatic rings. The number of hydrogen-bond donors (Lipinski definition) is 1. The van der Waals surface area contributed by atoms with Crippen LogP contribution in [-0.2, 0) is 6.54 Å². The van der Waals surface area contributed by atoms with Crippen LogP contribution in [0.3, 0.4) is 0 Å². The van der Waals surface area contributed by atoms with Crippen LogP contribution in [0.1, 0.15) is 42.1 Å². The smallest absolute Gasteiger partial charge is 0.251 e. The maximum absolute atomic E-state index is 12.3. The highest BCUT2D eigenvalue weighted by Crippen LogP contribution is 2.34. The Morgan fingerprint density at radius 2 is 1.75 bits per heavy atom. The summed E-state index contributed by atoms with van der Waals surface area (Å²) in [5.74, 6) is 0.217. The number of amides is 1. The monoisotopic (exact) mass is 365 g/mol. The zero-order valence-corrected chi connectivity index (χ0v) is 15.2. The van der Waals surface area contributed by atoms with Crippen LogP contribution >= 0.6 is 23.2 Å². The summed E-state index contributed by atoms with van der Waals surface area (Å²) in [6.07, 6.45) is 3.16. The lowest BCUT2D eigenvalue weighted by molar-refractivity contribution is 0.0951. The van der Waals surface area contributed by atoms with Gasteiger partial charge in [0.05, 0.1) is 16.7 Å². The fourth-order valence-corrected chi connectivity index (χ4v) is 2.83. The minimum Gasteiger partial charge on any atom is -0.490 e. The van der Waals surface area contributed by atoms with E-state index in [1.807, 2.05) is 30.3 Å². The van der Waals surface area contributed by atoms with Crippen molar-refractivity contribution in [3.05, 3.63) is 63.6 Å². The third kappa shape index (κ3) is 5.43. The molecule has 1 N–H and O–H groups in total. The zero-order valence-electron chi connectivity index (χ0n) is 13.6. The summed E-state index contributed by atoms with van der Waals surface area (Å²) in [5.41, 5.74) is 1.45. The molecule has 0 aromatic heterocycles. The highest BCUT2D eigenvalue weighted by molar-refractivity contribution is 6.37. The molecule has 0 unspecified atom stereocenters. The highest BCUT2D eigenvalue weighted by atomic mass is 35.5. The largest absolute Gasteiger partial charge is 0.490 e. The van der Waals surface area contributed by atoms with Crippen molar-refractivity contribution in [3.8, 4) is 5.75 Å². The lowest BCUT2D eigenvalue weighted by Crippen LogP contribution is -2.22. The zero-order chi connectivity index (χ0) is 17.4. The molecule has 0 aliphatic heterocycles. The van der Waals surface area contributed by atoms with Gasteiger partial charge in [-0.05, 0) is 24.1 Å². The van der Waals surface area contributed by atoms with Crippen LogP contribution in [-0.4, -0.2) is 12.5 Å². The Hall–Kier alpha value is -1.71. The summed E-state index contributed by atoms with van der Waals surface area (Å²) in [6.45, 7) is 3.14. The Bertz CT molecular complexity index is 651. The van der Waals surface area contributed by atoms with E-state index in [-0.39, 0.29) is 5.91 Å². The third-order valence-corrected chi connectivity index (χ3v) is 4.11. The second-order valence-electron chi connectivity index (χ2n) is 5.49. The molecule has 0 saturated heterocycles. The van der Waals surface area contributed by atoms with Crippen LogP contribution in [0.5, 0.6) is 5.75 Å². The van der Waals surface area contributed by atoms with Crippen molar-refractivity contribution in [2.75, 3.05) is 6.61 Å². The molecule has 0 aliphatic rings. The molecule has 5 heteroatoms. The number of benzene rings is 2. The van der Waals surface area contributed by atoms with Gasteiger partial charge in [-0.2, -0.15) is 0 Å². The molecule has 0 spiro atoms. The van der Waals surface area contributed by atoms with Gasteiger partial charge in [0.15, 0.2) is 5.75 Å². The van der Waals surface area contributed by atoms with Gasteiger partial charge in [0.2, 0.25) is 0 Å². The van der Waals surface area contributed by atoms with Gasteiger partial charge < -0.3 is 10.1 Å². The topological polar surface area (TPSA) is 38.3 Å². The summed E-state index contributed by atoms with van der Waals surface area (Å²) in [5, 5.41) is 3.55. The number of carbonyl (C=O) groups excluding carboxylic acids is 1. The third-order valence-electron chi connectivity index (χ3n) is 3.55. The van der Waals surface area contributed by atoms with Crippen molar-refractivity contribution in [2.45, 2.75) is 32.7 Å². The predicted molar refractivity (Wildman–Crippen MR) is 99.1 cm³/mol. The number of hydrogen-bond acceptors (Lipinski definition) is 2. The quantitative estimate of drug-likeness (QED) is 0.627. The van der Waals surface area contributed by atoms with Gasteiger partial charge >= 0.3 is 0 Å². The average Bonchev–Trinajstić information content (AvgIpc) is 2.59. The number of ether oxygens (including phenoxy) is 1. The van der Waals surface area contributed by atoms with Gasteiger partial charge in [-0.15, -0.1) is 0 Å². The Balaban J connectivity index is 1.99. The molecule has 0 saturated carbocycles. The fraction of sp³-hybridized carbons (Fsp3) is 0.316. The molecule has 0 aliphatic carbocycles. The van der Waals surface area contributed by atoms with E-state index in [0.29, 0.717) is 34.5 Å². The molecule has 0 bridgehead atoms. The number of carbonyl (C=O) groups is 1. The molecule has 0 radical (unpaired) electrons. The summed E-state index contributed by atoms with van der Waals surface area (Å²) in [4.78, 5) is 12.3. The normalized spacial score (nSPS) is 10.5. The molecule has 2 aromatic carbocycles. The van der Waals surface area contributed by atoms with E-state index in [0.717, 1.165) is 24.8 Å². The lowest BCUT2D eigenvalue weighted by Gasteiger charge is -2.12. The van der Waals surface area contributed by atoms with Crippen molar-refractivity contribution in [3.63, 3.8) is 0 Å². The second kappa shape index (κ2) is 9.55. The molecule has 2 rings (SSSR count). The first-order valence-corrected chi connectivity index (χ1v) is 8.81. The summed E-state index contributed by atoms with van der Waals surface area (Å²) >= 11 is 12.4. The van der Waals surface area contributed by atoms with E-state index in [9.17, 15) is 4.79 Å². The first-order valence-electron chi connectivity index (χ1n) is 8.05. The fourth-order valence-electron chi connectivity index (χ4n) is 2.24. The molecular formula is C19H21Cl2NO2. The molecule has 24 heavy (non-hydrogen) atoms. The Kier molecular flexibility index (Phi) is 7.41. The lowest BCUT2D eigenvalue weighted by atomic mass is 10.2. The molecule has 128 valence electrons. The maximum Gasteiger partial charge on any atom is 0.251 e. The first kappa shape index (κ1) is 18.6. The van der Waals surface area contributed by atoms with Crippen LogP contribution in [0.25, 0.3) is 0 Å². The molecule has 0 fully saturated rings. The van der Waals surface area contributed by atoms with Gasteiger partial charge in [-0.25, -0.2) is 0 Å². The van der Waals surface area contributed by atoms with Crippen LogP contribution in [0.2, 0.25) is 10.0 Å². The Morgan fingerprint density at radius 3 is 2.38 bits per heavy atom. The SMILES string of the molecule is CCCCCOc1c(Cl)cc(C(=O)NCc2ccccc2)cc1Cl. The molecule has 1 amide bonds. The van der Waals surface area contributed by atoms with E-state index in [4.69, 9.17) is 27.9 Å². The van der Waals surface area contributed by atoms with Crippen LogP contribution in [0.15, 0.2) is 42.5 Å². The van der Waals surface area contributed by atoms with Gasteiger partial charge in [0.1, 0.15) is 0 Å². The minimum absolute atomic E-state index is 0.222. The van der Waals surface area contributed by atoms with Crippen molar-refractivity contribution in [2.24, 2.45) is 0 Å². The Labute approximate surface area is 152 Å². The van der Waals surface area contributed by atoms with Crippen molar-refractivity contribution < 1.29 is 9.53 Å². The number of unbranched alkanes of at least 4 members (excludes halogenated alkanes) is 2. The number of nitrogens with one attached hydrogen (secondary N) is 1. The van der Waals surface area contributed by atoms with E-state index in [1.165, 1.54) is 0 Å². The van der Waals surface area contributed by atoms with E-state index in [1.54, 1.807) is 12.1 Å². The van der Waals surface area contributed by atoms with Crippen molar-refractivity contribution >= 4 is 29.1 Å². The van der Waals surface area contributed by atoms with Crippen molar-refractivity contribution in [1.82, 2.24) is 5.32 Å². The summed E-state index contributed by atoms with van der Waals surface area (Å²) < 4.78 is 5.64. The summed E-state index contributed by atoms with van der Waals surface area (Å²) in [7, 11) is 0. The standard InChI is InChI=1S/C19H21Cl2NO2/c1-2-3-7-10-24-18-16(20)11-15(12-17(18)21)19(23)22-13-14-8-5-4-6-9-14/h4-6,8-9,11-12H,2-3,7,10,13H2,1H3,(H,22,23). The van der Waals surface area contributed by atoms with Gasteiger partial charge in [-0.3, -0.25) is 4.79 Å². The van der Waals surface area contributed by atoms with Gasteiger partial charge in [0.25, 0.3) is 5.91 Å². The first-order chi connectivity index (χ1) is 11.6. The maximum atomic E-state index is 12.3. The van der Waals surface area contributed by atoms with E-state index >= 15 is 0 Å². The van der Waals surface area contributed by atoms with E-state index < -0.39 is 0 Å². The highest BCUT2D eigenvalue weighted by Gasteiger charge is 2.14. The Morgan fingerprint density at radius 1 is 1.08 bits per heavy atom. The number of rotatable bonds is 8. The predicted octanol–water partition coefficient (Wildman–Crippen LogP) is 5.49. The molecule has 0 heterocycles. The average molecular weight is 366 g/mol. The number of halogens is 2. The second-order valence-corrected chi connectivity index (χ2v) is 6.31. The minimum atomic E-state index is -0.222. The van der Waals surface area contributed by atoms with Crippen LogP contribution in [0, 0.1) is 0 Å². The molecule has 3 nitrogen and oxygen atoms in total.